The van der Waals surface area contributed by atoms with Crippen molar-refractivity contribution in [2.24, 2.45) is 0 Å². The van der Waals surface area contributed by atoms with Crippen molar-refractivity contribution < 1.29 is 4.74 Å². The summed E-state index contributed by atoms with van der Waals surface area (Å²) in [5, 5.41) is 0. The molecule has 21 heavy (non-hydrogen) atoms. The zero-order valence-electron chi connectivity index (χ0n) is 12.9. The van der Waals surface area contributed by atoms with E-state index in [0.717, 1.165) is 18.0 Å². The summed E-state index contributed by atoms with van der Waals surface area (Å²) in [5.41, 5.74) is 3.63. The summed E-state index contributed by atoms with van der Waals surface area (Å²) in [7, 11) is 4.24. The van der Waals surface area contributed by atoms with E-state index in [0.29, 0.717) is 12.6 Å². The van der Waals surface area contributed by atoms with E-state index >= 15 is 0 Å². The van der Waals surface area contributed by atoms with Gasteiger partial charge in [-0.05, 0) is 39.2 Å². The third-order valence-corrected chi connectivity index (χ3v) is 4.15. The molecule has 1 heterocycles. The Bertz CT molecular complexity index is 577. The number of fused-ring (bicyclic) bond motifs is 2. The van der Waals surface area contributed by atoms with Gasteiger partial charge in [-0.3, -0.25) is 0 Å². The van der Waals surface area contributed by atoms with Crippen molar-refractivity contribution in [3.05, 3.63) is 54.1 Å². The number of benzene rings is 2. The third-order valence-electron chi connectivity index (χ3n) is 4.15. The van der Waals surface area contributed by atoms with Gasteiger partial charge in [0.15, 0.2) is 0 Å². The number of rotatable bonds is 3. The molecule has 0 aliphatic carbocycles. The van der Waals surface area contributed by atoms with Crippen molar-refractivity contribution >= 4 is 11.4 Å². The second-order valence-corrected chi connectivity index (χ2v) is 5.81. The average molecular weight is 282 g/mol. The molecule has 0 amide bonds. The molecule has 0 N–H and O–H groups in total. The number of hydrogen-bond donors (Lipinski definition) is 0. The van der Waals surface area contributed by atoms with Crippen LogP contribution in [-0.2, 0) is 6.61 Å². The first-order valence-corrected chi connectivity index (χ1v) is 7.40. The molecule has 0 bridgehead atoms. The zero-order chi connectivity index (χ0) is 14.8. The Morgan fingerprint density at radius 2 is 1.71 bits per heavy atom. The first-order valence-electron chi connectivity index (χ1n) is 7.40. The maximum absolute atomic E-state index is 5.99. The van der Waals surface area contributed by atoms with Crippen molar-refractivity contribution in [1.82, 2.24) is 4.90 Å². The lowest BCUT2D eigenvalue weighted by atomic mass is 10.1. The van der Waals surface area contributed by atoms with E-state index in [1.807, 2.05) is 6.07 Å². The van der Waals surface area contributed by atoms with Crippen LogP contribution in [0.4, 0.5) is 11.4 Å². The molecule has 0 unspecified atom stereocenters. The van der Waals surface area contributed by atoms with Gasteiger partial charge in [0.05, 0.1) is 5.69 Å². The molecule has 1 aliphatic rings. The lowest BCUT2D eigenvalue weighted by molar-refractivity contribution is 0.309. The van der Waals surface area contributed by atoms with Gasteiger partial charge in [0.1, 0.15) is 12.4 Å². The minimum atomic E-state index is 0.448. The molecule has 0 aromatic heterocycles. The van der Waals surface area contributed by atoms with E-state index in [4.69, 9.17) is 4.74 Å². The van der Waals surface area contributed by atoms with Crippen LogP contribution in [0.5, 0.6) is 5.75 Å². The minimum absolute atomic E-state index is 0.448. The predicted octanol–water partition coefficient (Wildman–Crippen LogP) is 3.67. The predicted molar refractivity (Wildman–Crippen MR) is 87.4 cm³/mol. The molecular weight excluding hydrogens is 260 g/mol. The van der Waals surface area contributed by atoms with Crippen LogP contribution < -0.4 is 9.64 Å². The molecule has 1 aliphatic heterocycles. The van der Waals surface area contributed by atoms with Gasteiger partial charge in [-0.25, -0.2) is 0 Å². The van der Waals surface area contributed by atoms with Gasteiger partial charge >= 0.3 is 0 Å². The highest BCUT2D eigenvalue weighted by Gasteiger charge is 2.23. The Morgan fingerprint density at radius 1 is 1.05 bits per heavy atom. The Labute approximate surface area is 126 Å². The van der Waals surface area contributed by atoms with Gasteiger partial charge < -0.3 is 14.5 Å². The van der Waals surface area contributed by atoms with Gasteiger partial charge in [0.2, 0.25) is 0 Å². The van der Waals surface area contributed by atoms with Crippen LogP contribution in [0.1, 0.15) is 12.5 Å². The van der Waals surface area contributed by atoms with Crippen LogP contribution in [0, 0.1) is 0 Å². The van der Waals surface area contributed by atoms with E-state index in [-0.39, 0.29) is 0 Å². The molecule has 3 nitrogen and oxygen atoms in total. The Kier molecular flexibility index (Phi) is 3.84. The zero-order valence-corrected chi connectivity index (χ0v) is 12.9. The summed E-state index contributed by atoms with van der Waals surface area (Å²) in [6, 6.07) is 17.2. The molecule has 2 aromatic rings. The Hall–Kier alpha value is -2.00. The first-order chi connectivity index (χ1) is 10.2. The summed E-state index contributed by atoms with van der Waals surface area (Å²) in [6.07, 6.45) is 0. The van der Waals surface area contributed by atoms with Crippen LogP contribution in [0.2, 0.25) is 0 Å². The van der Waals surface area contributed by atoms with Crippen molar-refractivity contribution in [2.75, 3.05) is 25.5 Å². The van der Waals surface area contributed by atoms with Crippen LogP contribution >= 0.6 is 0 Å². The molecule has 0 saturated carbocycles. The topological polar surface area (TPSA) is 15.7 Å². The smallest absolute Gasteiger partial charge is 0.143 e. The van der Waals surface area contributed by atoms with Gasteiger partial charge in [-0.15, -0.1) is 0 Å². The number of para-hydroxylation sites is 3. The number of hydrogen-bond acceptors (Lipinski definition) is 3. The Balaban J connectivity index is 2.06. The fraction of sp³-hybridized carbons (Fsp3) is 0.333. The van der Waals surface area contributed by atoms with Gasteiger partial charge in [-0.1, -0.05) is 30.3 Å². The number of anilines is 2. The van der Waals surface area contributed by atoms with E-state index in [1.54, 1.807) is 0 Å². The lowest BCUT2D eigenvalue weighted by Gasteiger charge is -2.31. The minimum Gasteiger partial charge on any atom is -0.487 e. The molecule has 2 aromatic carbocycles. The number of likely N-dealkylation sites (N-methyl/N-ethyl adjacent to an activating group) is 1. The lowest BCUT2D eigenvalue weighted by Crippen LogP contribution is -2.36. The molecule has 0 saturated heterocycles. The molecular formula is C18H22N2O. The molecule has 3 rings (SSSR count). The van der Waals surface area contributed by atoms with Crippen molar-refractivity contribution in [1.29, 1.82) is 0 Å². The standard InChI is InChI=1S/C18H22N2O/c1-14(19(2)3)12-20-16-9-5-4-8-15(16)13-21-18-11-7-6-10-17(18)20/h4-11,14H,12-13H2,1-3H3/t14-/m1/s1. The molecule has 0 fully saturated rings. The van der Waals surface area contributed by atoms with Crippen molar-refractivity contribution in [2.45, 2.75) is 19.6 Å². The van der Waals surface area contributed by atoms with Crippen LogP contribution in [-0.4, -0.2) is 31.6 Å². The number of nitrogens with zero attached hydrogens (tertiary/aromatic N) is 2. The second kappa shape index (κ2) is 5.78. The van der Waals surface area contributed by atoms with E-state index < -0.39 is 0 Å². The highest BCUT2D eigenvalue weighted by atomic mass is 16.5. The van der Waals surface area contributed by atoms with Gasteiger partial charge in [-0.2, -0.15) is 0 Å². The highest BCUT2D eigenvalue weighted by molar-refractivity contribution is 5.72. The van der Waals surface area contributed by atoms with Gasteiger partial charge in [0, 0.05) is 23.8 Å². The first kappa shape index (κ1) is 14.0. The van der Waals surface area contributed by atoms with E-state index in [2.05, 4.69) is 73.3 Å². The maximum atomic E-state index is 5.99. The fourth-order valence-electron chi connectivity index (χ4n) is 2.61. The summed E-state index contributed by atoms with van der Waals surface area (Å²) in [4.78, 5) is 4.62. The summed E-state index contributed by atoms with van der Waals surface area (Å²) in [6.45, 7) is 3.81. The van der Waals surface area contributed by atoms with E-state index in [1.165, 1.54) is 11.3 Å². The molecule has 0 spiro atoms. The second-order valence-electron chi connectivity index (χ2n) is 5.81. The molecule has 0 radical (unpaired) electrons. The van der Waals surface area contributed by atoms with Crippen molar-refractivity contribution in [3.63, 3.8) is 0 Å². The summed E-state index contributed by atoms with van der Waals surface area (Å²) in [5.74, 6) is 0.958. The normalized spacial score (nSPS) is 15.0. The Morgan fingerprint density at radius 3 is 2.48 bits per heavy atom. The quantitative estimate of drug-likeness (QED) is 0.854. The monoisotopic (exact) mass is 282 g/mol. The van der Waals surface area contributed by atoms with Gasteiger partial charge in [0.25, 0.3) is 0 Å². The number of ether oxygens (including phenoxy) is 1. The maximum Gasteiger partial charge on any atom is 0.143 e. The summed E-state index contributed by atoms with van der Waals surface area (Å²) >= 11 is 0. The van der Waals surface area contributed by atoms with E-state index in [9.17, 15) is 0 Å². The largest absolute Gasteiger partial charge is 0.487 e. The van der Waals surface area contributed by atoms with Crippen LogP contribution in [0.25, 0.3) is 0 Å². The summed E-state index contributed by atoms with van der Waals surface area (Å²) < 4.78 is 5.99. The SMILES string of the molecule is C[C@H](CN1c2ccccc2COc2ccccc21)N(C)C. The highest BCUT2D eigenvalue weighted by Crippen LogP contribution is 2.39. The average Bonchev–Trinajstić information content (AvgIpc) is 2.65. The molecule has 3 heteroatoms. The third kappa shape index (κ3) is 2.74. The van der Waals surface area contributed by atoms with Crippen LogP contribution in [0.3, 0.4) is 0 Å². The molecule has 110 valence electrons. The fourth-order valence-corrected chi connectivity index (χ4v) is 2.61. The van der Waals surface area contributed by atoms with Crippen LogP contribution in [0.15, 0.2) is 48.5 Å². The molecule has 1 atom stereocenters. The van der Waals surface area contributed by atoms with Crippen molar-refractivity contribution in [3.8, 4) is 5.75 Å².